The molecule has 7 heteroatoms. The fourth-order valence-corrected chi connectivity index (χ4v) is 0.967. The van der Waals surface area contributed by atoms with Crippen LogP contribution in [0.2, 0.25) is 0 Å². The molecule has 78 valence electrons. The second-order valence-corrected chi connectivity index (χ2v) is 2.53. The number of halogens is 5. The van der Waals surface area contributed by atoms with Crippen LogP contribution in [0.1, 0.15) is 5.69 Å². The molecule has 0 aliphatic rings. The Balaban J connectivity index is 2.97. The number of pyridine rings is 1. The Kier molecular flexibility index (Phi) is 3.15. The van der Waals surface area contributed by atoms with Crippen LogP contribution in [0.4, 0.5) is 17.6 Å². The fourth-order valence-electron chi connectivity index (χ4n) is 0.775. The molecule has 1 heterocycles. The van der Waals surface area contributed by atoms with Crippen LogP contribution in [0.5, 0.6) is 5.75 Å². The van der Waals surface area contributed by atoms with E-state index in [-0.39, 0.29) is 11.6 Å². The maximum Gasteiger partial charge on any atom is 0.573 e. The molecule has 2 nitrogen and oxygen atoms in total. The lowest BCUT2D eigenvalue weighted by Crippen LogP contribution is -2.18. The summed E-state index contributed by atoms with van der Waals surface area (Å²) in [6.45, 7) is 0. The van der Waals surface area contributed by atoms with Crippen molar-refractivity contribution in [3.05, 3.63) is 23.8 Å². The van der Waals surface area contributed by atoms with Crippen LogP contribution in [-0.2, 0) is 5.88 Å². The van der Waals surface area contributed by atoms with E-state index in [1.807, 2.05) is 0 Å². The molecule has 0 unspecified atom stereocenters. The van der Waals surface area contributed by atoms with Gasteiger partial charge in [0.25, 0.3) is 0 Å². The van der Waals surface area contributed by atoms with Gasteiger partial charge < -0.3 is 4.74 Å². The zero-order chi connectivity index (χ0) is 10.8. The van der Waals surface area contributed by atoms with Crippen LogP contribution < -0.4 is 4.74 Å². The first-order valence-corrected chi connectivity index (χ1v) is 3.93. The van der Waals surface area contributed by atoms with Crippen molar-refractivity contribution in [3.63, 3.8) is 0 Å². The third-order valence-corrected chi connectivity index (χ3v) is 1.50. The third kappa shape index (κ3) is 3.02. The summed E-state index contributed by atoms with van der Waals surface area (Å²) >= 11 is 5.26. The number of hydrogen-bond donors (Lipinski definition) is 0. The van der Waals surface area contributed by atoms with Crippen LogP contribution in [0.25, 0.3) is 0 Å². The molecule has 0 atom stereocenters. The molecule has 1 aromatic rings. The highest BCUT2D eigenvalue weighted by Crippen LogP contribution is 2.26. The van der Waals surface area contributed by atoms with Crippen molar-refractivity contribution in [1.82, 2.24) is 4.98 Å². The molecule has 0 radical (unpaired) electrons. The SMILES string of the molecule is Fc1ccc(OC(F)(F)F)c(CCl)n1. The molecule has 0 saturated carbocycles. The fraction of sp³-hybridized carbons (Fsp3) is 0.286. The standard InChI is InChI=1S/C7H4ClF4NO/c8-3-4-5(14-7(10,11)12)1-2-6(9)13-4/h1-2H,3H2. The van der Waals surface area contributed by atoms with Gasteiger partial charge in [0.05, 0.1) is 5.88 Å². The van der Waals surface area contributed by atoms with Crippen molar-refractivity contribution < 1.29 is 22.3 Å². The lowest BCUT2D eigenvalue weighted by atomic mass is 10.3. The number of ether oxygens (including phenoxy) is 1. The number of hydrogen-bond acceptors (Lipinski definition) is 2. The van der Waals surface area contributed by atoms with Gasteiger partial charge in [0, 0.05) is 0 Å². The van der Waals surface area contributed by atoms with E-state index in [0.717, 1.165) is 12.1 Å². The molecule has 0 aliphatic heterocycles. The van der Waals surface area contributed by atoms with Crippen LogP contribution >= 0.6 is 11.6 Å². The highest BCUT2D eigenvalue weighted by atomic mass is 35.5. The van der Waals surface area contributed by atoms with Crippen molar-refractivity contribution in [2.24, 2.45) is 0 Å². The molecule has 0 saturated heterocycles. The Labute approximate surface area is 81.5 Å². The van der Waals surface area contributed by atoms with E-state index in [2.05, 4.69) is 9.72 Å². The molecule has 0 aromatic carbocycles. The van der Waals surface area contributed by atoms with Crippen LogP contribution in [-0.4, -0.2) is 11.3 Å². The zero-order valence-corrected chi connectivity index (χ0v) is 7.36. The van der Waals surface area contributed by atoms with E-state index < -0.39 is 18.1 Å². The monoisotopic (exact) mass is 229 g/mol. The minimum Gasteiger partial charge on any atom is -0.404 e. The highest BCUT2D eigenvalue weighted by molar-refractivity contribution is 6.17. The van der Waals surface area contributed by atoms with Crippen molar-refractivity contribution in [2.45, 2.75) is 12.2 Å². The molecule has 14 heavy (non-hydrogen) atoms. The zero-order valence-electron chi connectivity index (χ0n) is 6.61. The predicted molar refractivity (Wildman–Crippen MR) is 40.4 cm³/mol. The minimum absolute atomic E-state index is 0.288. The summed E-state index contributed by atoms with van der Waals surface area (Å²) in [6.07, 6.45) is -4.83. The lowest BCUT2D eigenvalue weighted by molar-refractivity contribution is -0.275. The van der Waals surface area contributed by atoms with Gasteiger partial charge in [0.15, 0.2) is 5.75 Å². The van der Waals surface area contributed by atoms with Crippen LogP contribution in [0.15, 0.2) is 12.1 Å². The Bertz CT molecular complexity index is 328. The first-order valence-electron chi connectivity index (χ1n) is 3.39. The smallest absolute Gasteiger partial charge is 0.404 e. The molecule has 0 amide bonds. The van der Waals surface area contributed by atoms with Gasteiger partial charge in [-0.2, -0.15) is 4.39 Å². The van der Waals surface area contributed by atoms with Crippen molar-refractivity contribution >= 4 is 11.6 Å². The molecular weight excluding hydrogens is 226 g/mol. The second kappa shape index (κ2) is 4.00. The van der Waals surface area contributed by atoms with Gasteiger partial charge in [-0.05, 0) is 12.1 Å². The maximum atomic E-state index is 12.5. The Morgan fingerprint density at radius 2 is 2.00 bits per heavy atom. The van der Waals surface area contributed by atoms with Gasteiger partial charge in [-0.1, -0.05) is 0 Å². The quantitative estimate of drug-likeness (QED) is 0.442. The van der Waals surface area contributed by atoms with E-state index in [1.54, 1.807) is 0 Å². The molecular formula is C7H4ClF4NO. The van der Waals surface area contributed by atoms with Gasteiger partial charge in [-0.25, -0.2) is 4.98 Å². The van der Waals surface area contributed by atoms with Gasteiger partial charge in [-0.3, -0.25) is 0 Å². The second-order valence-electron chi connectivity index (χ2n) is 2.26. The first kappa shape index (κ1) is 11.0. The average Bonchev–Trinajstić information content (AvgIpc) is 2.06. The number of alkyl halides is 4. The van der Waals surface area contributed by atoms with E-state index in [4.69, 9.17) is 11.6 Å². The van der Waals surface area contributed by atoms with Crippen molar-refractivity contribution in [1.29, 1.82) is 0 Å². The normalized spacial score (nSPS) is 11.5. The molecule has 0 spiro atoms. The van der Waals surface area contributed by atoms with Gasteiger partial charge >= 0.3 is 6.36 Å². The molecule has 0 bridgehead atoms. The van der Waals surface area contributed by atoms with E-state index in [9.17, 15) is 17.6 Å². The topological polar surface area (TPSA) is 22.1 Å². The highest BCUT2D eigenvalue weighted by Gasteiger charge is 2.32. The van der Waals surface area contributed by atoms with Crippen LogP contribution in [0, 0.1) is 5.95 Å². The molecule has 0 fully saturated rings. The summed E-state index contributed by atoms with van der Waals surface area (Å²) in [4.78, 5) is 3.15. The number of nitrogens with zero attached hydrogens (tertiary/aromatic N) is 1. The summed E-state index contributed by atoms with van der Waals surface area (Å²) in [5.41, 5.74) is -0.288. The van der Waals surface area contributed by atoms with Crippen molar-refractivity contribution in [2.75, 3.05) is 0 Å². The first-order chi connectivity index (χ1) is 6.42. The predicted octanol–water partition coefficient (Wildman–Crippen LogP) is 2.86. The summed E-state index contributed by atoms with van der Waals surface area (Å²) in [7, 11) is 0. The summed E-state index contributed by atoms with van der Waals surface area (Å²) in [6, 6.07) is 1.59. The average molecular weight is 230 g/mol. The van der Waals surface area contributed by atoms with Crippen LogP contribution in [0.3, 0.4) is 0 Å². The van der Waals surface area contributed by atoms with Crippen molar-refractivity contribution in [3.8, 4) is 5.75 Å². The Morgan fingerprint density at radius 3 is 2.50 bits per heavy atom. The van der Waals surface area contributed by atoms with E-state index >= 15 is 0 Å². The lowest BCUT2D eigenvalue weighted by Gasteiger charge is -2.10. The molecule has 0 aliphatic carbocycles. The summed E-state index contributed by atoms with van der Waals surface area (Å²) in [5.74, 6) is -1.85. The number of aromatic nitrogens is 1. The van der Waals surface area contributed by atoms with E-state index in [1.165, 1.54) is 0 Å². The molecule has 1 aromatic heterocycles. The van der Waals surface area contributed by atoms with Gasteiger partial charge in [-0.15, -0.1) is 24.8 Å². The largest absolute Gasteiger partial charge is 0.573 e. The van der Waals surface area contributed by atoms with E-state index in [0.29, 0.717) is 0 Å². The maximum absolute atomic E-state index is 12.5. The number of rotatable bonds is 2. The molecule has 0 N–H and O–H groups in total. The Morgan fingerprint density at radius 1 is 1.36 bits per heavy atom. The van der Waals surface area contributed by atoms with Gasteiger partial charge in [0.1, 0.15) is 5.69 Å². The molecule has 1 rings (SSSR count). The van der Waals surface area contributed by atoms with Gasteiger partial charge in [0.2, 0.25) is 5.95 Å². The Hall–Kier alpha value is -1.04. The summed E-state index contributed by atoms with van der Waals surface area (Å²) < 4.78 is 51.3. The summed E-state index contributed by atoms with van der Waals surface area (Å²) in [5, 5.41) is 0. The third-order valence-electron chi connectivity index (χ3n) is 1.25. The minimum atomic E-state index is -4.83.